The maximum atomic E-state index is 12.9. The number of hydrogen-bond donors (Lipinski definition) is 2. The zero-order valence-corrected chi connectivity index (χ0v) is 16.9. The van der Waals surface area contributed by atoms with Gasteiger partial charge in [0, 0.05) is 29.7 Å². The highest BCUT2D eigenvalue weighted by Crippen LogP contribution is 2.66. The Morgan fingerprint density at radius 1 is 1.29 bits per heavy atom. The van der Waals surface area contributed by atoms with Crippen molar-refractivity contribution in [1.82, 2.24) is 0 Å². The van der Waals surface area contributed by atoms with Crippen molar-refractivity contribution < 1.29 is 29.0 Å². The van der Waals surface area contributed by atoms with E-state index in [-0.39, 0.29) is 42.7 Å². The Bertz CT molecular complexity index is 799. The predicted octanol–water partition coefficient (Wildman–Crippen LogP) is 2.39. The van der Waals surface area contributed by atoms with E-state index in [2.05, 4.69) is 6.92 Å². The Morgan fingerprint density at radius 3 is 2.71 bits per heavy atom. The molecular formula is C22H30O6. The summed E-state index contributed by atoms with van der Waals surface area (Å²) in [6, 6.07) is 0. The SMILES string of the molecule is CC(=O)OC[C@]1(C)[C@@H]2CC[C@@]3(CO)c4cocc4CC[C@@H]3[C@@]2(C)CC(=O)[C@H]1O. The summed E-state index contributed by atoms with van der Waals surface area (Å²) in [4.78, 5) is 24.4. The van der Waals surface area contributed by atoms with Crippen LogP contribution in [0.25, 0.3) is 0 Å². The van der Waals surface area contributed by atoms with Crippen molar-refractivity contribution in [1.29, 1.82) is 0 Å². The van der Waals surface area contributed by atoms with Crippen LogP contribution >= 0.6 is 0 Å². The van der Waals surface area contributed by atoms with Gasteiger partial charge in [0.05, 0.1) is 25.7 Å². The van der Waals surface area contributed by atoms with Crippen molar-refractivity contribution in [3.63, 3.8) is 0 Å². The first-order valence-electron chi connectivity index (χ1n) is 10.2. The van der Waals surface area contributed by atoms with Crippen molar-refractivity contribution >= 4 is 11.8 Å². The molecule has 1 heterocycles. The molecule has 3 aliphatic rings. The van der Waals surface area contributed by atoms with Gasteiger partial charge < -0.3 is 19.4 Å². The van der Waals surface area contributed by atoms with E-state index in [4.69, 9.17) is 9.15 Å². The van der Waals surface area contributed by atoms with Crippen molar-refractivity contribution in [2.75, 3.05) is 13.2 Å². The van der Waals surface area contributed by atoms with E-state index < -0.39 is 22.9 Å². The molecule has 2 fully saturated rings. The number of carbonyl (C=O) groups is 2. The van der Waals surface area contributed by atoms with E-state index in [0.717, 1.165) is 36.8 Å². The summed E-state index contributed by atoms with van der Waals surface area (Å²) in [5.41, 5.74) is 0.592. The lowest BCUT2D eigenvalue weighted by Crippen LogP contribution is -2.66. The first-order chi connectivity index (χ1) is 13.2. The number of esters is 1. The average Bonchev–Trinajstić information content (AvgIpc) is 3.14. The molecule has 1 aromatic rings. The van der Waals surface area contributed by atoms with Gasteiger partial charge in [-0.05, 0) is 48.5 Å². The lowest BCUT2D eigenvalue weighted by atomic mass is 9.40. The molecular weight excluding hydrogens is 360 g/mol. The topological polar surface area (TPSA) is 97.0 Å². The molecule has 0 spiro atoms. The molecule has 3 aliphatic carbocycles. The van der Waals surface area contributed by atoms with E-state index in [1.807, 2.05) is 6.92 Å². The molecule has 4 rings (SSSR count). The van der Waals surface area contributed by atoms with Crippen LogP contribution in [0.15, 0.2) is 16.9 Å². The van der Waals surface area contributed by atoms with Gasteiger partial charge >= 0.3 is 5.97 Å². The van der Waals surface area contributed by atoms with Gasteiger partial charge in [0.25, 0.3) is 0 Å². The standard InChI is InChI=1S/C22H30O6/c1-13(24)28-12-21(3)17-6-7-22(11-23)15-10-27-9-14(15)4-5-18(22)20(17,2)8-16(25)19(21)26/h9-10,17-19,23,26H,4-8,11-12H2,1-3H3/t17-,18-,19-,20+,21-,22-/m1/s1. The Morgan fingerprint density at radius 2 is 2.04 bits per heavy atom. The first-order valence-corrected chi connectivity index (χ1v) is 10.2. The lowest BCUT2D eigenvalue weighted by Gasteiger charge is -2.64. The normalized spacial score (nSPS) is 42.3. The summed E-state index contributed by atoms with van der Waals surface area (Å²) in [5.74, 6) is -0.485. The van der Waals surface area contributed by atoms with Crippen LogP contribution in [0.1, 0.15) is 57.6 Å². The zero-order chi connectivity index (χ0) is 20.3. The highest BCUT2D eigenvalue weighted by atomic mass is 16.5. The number of aryl methyl sites for hydroxylation is 1. The molecule has 154 valence electrons. The molecule has 0 aromatic carbocycles. The van der Waals surface area contributed by atoms with Gasteiger partial charge in [-0.3, -0.25) is 9.59 Å². The summed E-state index contributed by atoms with van der Waals surface area (Å²) in [6.45, 7) is 5.40. The average molecular weight is 390 g/mol. The van der Waals surface area contributed by atoms with E-state index >= 15 is 0 Å². The number of fused-ring (bicyclic) bond motifs is 5. The van der Waals surface area contributed by atoms with E-state index in [1.54, 1.807) is 12.5 Å². The molecule has 0 aliphatic heterocycles. The Labute approximate surface area is 165 Å². The molecule has 1 aromatic heterocycles. The third kappa shape index (κ3) is 2.47. The van der Waals surface area contributed by atoms with Gasteiger partial charge in [0.1, 0.15) is 6.10 Å². The second kappa shape index (κ2) is 6.42. The zero-order valence-electron chi connectivity index (χ0n) is 16.9. The maximum Gasteiger partial charge on any atom is 0.302 e. The third-order valence-electron chi connectivity index (χ3n) is 8.27. The van der Waals surface area contributed by atoms with Gasteiger partial charge in [-0.1, -0.05) is 13.8 Å². The summed E-state index contributed by atoms with van der Waals surface area (Å²) in [7, 11) is 0. The molecule has 0 saturated heterocycles. The van der Waals surface area contributed by atoms with Gasteiger partial charge in [0.15, 0.2) is 5.78 Å². The van der Waals surface area contributed by atoms with Crippen LogP contribution in [0.4, 0.5) is 0 Å². The number of carbonyl (C=O) groups excluding carboxylic acids is 2. The van der Waals surface area contributed by atoms with Crippen molar-refractivity contribution in [3.8, 4) is 0 Å². The summed E-state index contributed by atoms with van der Waals surface area (Å²) >= 11 is 0. The molecule has 0 bridgehead atoms. The van der Waals surface area contributed by atoms with Crippen LogP contribution in [0.5, 0.6) is 0 Å². The van der Waals surface area contributed by atoms with Crippen molar-refractivity contribution in [2.24, 2.45) is 22.7 Å². The monoisotopic (exact) mass is 390 g/mol. The predicted molar refractivity (Wildman–Crippen MR) is 100 cm³/mol. The summed E-state index contributed by atoms with van der Waals surface area (Å²) < 4.78 is 10.8. The molecule has 6 atom stereocenters. The maximum absolute atomic E-state index is 12.9. The molecule has 6 heteroatoms. The fraction of sp³-hybridized carbons (Fsp3) is 0.727. The van der Waals surface area contributed by atoms with Crippen LogP contribution in [-0.2, 0) is 26.2 Å². The third-order valence-corrected chi connectivity index (χ3v) is 8.27. The Hall–Kier alpha value is -1.66. The number of Topliss-reactive ketones (excluding diaryl/α,β-unsaturated/α-hetero) is 1. The molecule has 28 heavy (non-hydrogen) atoms. The van der Waals surface area contributed by atoms with Crippen LogP contribution in [-0.4, -0.2) is 41.3 Å². The highest BCUT2D eigenvalue weighted by molar-refractivity contribution is 5.85. The number of ether oxygens (including phenoxy) is 1. The molecule has 2 N–H and O–H groups in total. The number of furan rings is 1. The Kier molecular flexibility index (Phi) is 4.51. The smallest absolute Gasteiger partial charge is 0.302 e. The quantitative estimate of drug-likeness (QED) is 0.769. The number of hydrogen-bond acceptors (Lipinski definition) is 6. The molecule has 0 amide bonds. The molecule has 0 radical (unpaired) electrons. The van der Waals surface area contributed by atoms with E-state index in [0.29, 0.717) is 0 Å². The lowest BCUT2D eigenvalue weighted by molar-refractivity contribution is -0.196. The van der Waals surface area contributed by atoms with Crippen LogP contribution in [0.3, 0.4) is 0 Å². The highest BCUT2D eigenvalue weighted by Gasteiger charge is 2.66. The fourth-order valence-electron chi connectivity index (χ4n) is 7.03. The summed E-state index contributed by atoms with van der Waals surface area (Å²) in [6.07, 6.45) is 5.92. The summed E-state index contributed by atoms with van der Waals surface area (Å²) in [5, 5.41) is 21.3. The van der Waals surface area contributed by atoms with E-state index in [9.17, 15) is 19.8 Å². The van der Waals surface area contributed by atoms with Crippen molar-refractivity contribution in [3.05, 3.63) is 23.7 Å². The minimum absolute atomic E-state index is 0.0178. The van der Waals surface area contributed by atoms with Crippen LogP contribution in [0.2, 0.25) is 0 Å². The molecule has 6 nitrogen and oxygen atoms in total. The molecule has 2 saturated carbocycles. The number of aliphatic hydroxyl groups excluding tert-OH is 2. The number of ketones is 1. The first kappa shape index (κ1) is 19.6. The van der Waals surface area contributed by atoms with Gasteiger partial charge in [0.2, 0.25) is 0 Å². The molecule has 0 unspecified atom stereocenters. The second-order valence-electron chi connectivity index (χ2n) is 9.64. The van der Waals surface area contributed by atoms with Gasteiger partial charge in [-0.25, -0.2) is 0 Å². The van der Waals surface area contributed by atoms with Gasteiger partial charge in [-0.15, -0.1) is 0 Å². The van der Waals surface area contributed by atoms with Crippen LogP contribution in [0, 0.1) is 22.7 Å². The van der Waals surface area contributed by atoms with Gasteiger partial charge in [-0.2, -0.15) is 0 Å². The minimum atomic E-state index is -1.14. The van der Waals surface area contributed by atoms with Crippen molar-refractivity contribution in [2.45, 2.75) is 64.4 Å². The number of aliphatic hydroxyl groups is 2. The van der Waals surface area contributed by atoms with Crippen LogP contribution < -0.4 is 0 Å². The minimum Gasteiger partial charge on any atom is -0.472 e. The second-order valence-corrected chi connectivity index (χ2v) is 9.64. The van der Waals surface area contributed by atoms with E-state index in [1.165, 1.54) is 6.92 Å². The number of rotatable bonds is 3. The Balaban J connectivity index is 1.79. The largest absolute Gasteiger partial charge is 0.472 e. The fourth-order valence-corrected chi connectivity index (χ4v) is 7.03.